The molecule has 0 aliphatic heterocycles. The SMILES string of the molecule is CCCCc1cccc(C(C(=O)O)C(C)C)c1C(C(=O)O)C(C)C. The van der Waals surface area contributed by atoms with Crippen LogP contribution in [-0.4, -0.2) is 22.2 Å². The summed E-state index contributed by atoms with van der Waals surface area (Å²) in [7, 11) is 0. The van der Waals surface area contributed by atoms with Crippen molar-refractivity contribution in [3.8, 4) is 0 Å². The van der Waals surface area contributed by atoms with E-state index in [9.17, 15) is 19.8 Å². The van der Waals surface area contributed by atoms with Crippen LogP contribution in [0.3, 0.4) is 0 Å². The second kappa shape index (κ2) is 8.86. The summed E-state index contributed by atoms with van der Waals surface area (Å²) in [6.45, 7) is 9.59. The number of aryl methyl sites for hydroxylation is 1. The summed E-state index contributed by atoms with van der Waals surface area (Å²) in [5, 5.41) is 19.5. The van der Waals surface area contributed by atoms with Gasteiger partial charge < -0.3 is 10.2 Å². The molecule has 0 fully saturated rings. The van der Waals surface area contributed by atoms with Crippen LogP contribution in [0.4, 0.5) is 0 Å². The van der Waals surface area contributed by atoms with Gasteiger partial charge in [0, 0.05) is 0 Å². The van der Waals surface area contributed by atoms with E-state index in [1.165, 1.54) is 0 Å². The summed E-state index contributed by atoms with van der Waals surface area (Å²) in [5.41, 5.74) is 2.35. The number of hydrogen-bond donors (Lipinski definition) is 2. The molecule has 0 amide bonds. The standard InChI is InChI=1S/C20H30O4/c1-6-7-9-14-10-8-11-15(16(12(2)3)19(21)22)18(14)17(13(4)5)20(23)24/h8,10-13,16-17H,6-7,9H2,1-5H3,(H,21,22)(H,23,24). The summed E-state index contributed by atoms with van der Waals surface area (Å²) in [6, 6.07) is 5.61. The maximum Gasteiger partial charge on any atom is 0.311 e. The minimum Gasteiger partial charge on any atom is -0.481 e. The van der Waals surface area contributed by atoms with Gasteiger partial charge in [0.15, 0.2) is 0 Å². The van der Waals surface area contributed by atoms with E-state index in [0.29, 0.717) is 5.56 Å². The van der Waals surface area contributed by atoms with Crippen LogP contribution in [0.5, 0.6) is 0 Å². The van der Waals surface area contributed by atoms with Crippen LogP contribution in [0.25, 0.3) is 0 Å². The average Bonchev–Trinajstić information content (AvgIpc) is 2.45. The Morgan fingerprint density at radius 2 is 1.50 bits per heavy atom. The molecule has 24 heavy (non-hydrogen) atoms. The second-order valence-corrected chi connectivity index (χ2v) is 7.14. The highest BCUT2D eigenvalue weighted by atomic mass is 16.4. The molecular weight excluding hydrogens is 304 g/mol. The highest BCUT2D eigenvalue weighted by Gasteiger charge is 2.34. The largest absolute Gasteiger partial charge is 0.481 e. The van der Waals surface area contributed by atoms with Gasteiger partial charge in [-0.15, -0.1) is 0 Å². The number of aliphatic carboxylic acids is 2. The average molecular weight is 334 g/mol. The van der Waals surface area contributed by atoms with Crippen LogP contribution in [0.15, 0.2) is 18.2 Å². The van der Waals surface area contributed by atoms with Crippen molar-refractivity contribution >= 4 is 11.9 Å². The number of carboxylic acid groups (broad SMARTS) is 2. The molecule has 0 aliphatic rings. The van der Waals surface area contributed by atoms with Crippen molar-refractivity contribution < 1.29 is 19.8 Å². The predicted molar refractivity (Wildman–Crippen MR) is 95.5 cm³/mol. The fraction of sp³-hybridized carbons (Fsp3) is 0.600. The Hall–Kier alpha value is -1.84. The van der Waals surface area contributed by atoms with Crippen molar-refractivity contribution in [2.45, 2.75) is 65.7 Å². The van der Waals surface area contributed by atoms with Gasteiger partial charge in [-0.1, -0.05) is 59.2 Å². The number of rotatable bonds is 9. The molecule has 0 bridgehead atoms. The number of hydrogen-bond acceptors (Lipinski definition) is 2. The lowest BCUT2D eigenvalue weighted by Crippen LogP contribution is -2.25. The molecule has 0 spiro atoms. The molecule has 4 nitrogen and oxygen atoms in total. The summed E-state index contributed by atoms with van der Waals surface area (Å²) in [4.78, 5) is 23.8. The molecule has 0 saturated carbocycles. The van der Waals surface area contributed by atoms with Crippen molar-refractivity contribution in [1.82, 2.24) is 0 Å². The third-order valence-corrected chi connectivity index (χ3v) is 4.54. The first-order valence-corrected chi connectivity index (χ1v) is 8.79. The molecule has 4 heteroatoms. The molecule has 0 radical (unpaired) electrons. The quantitative estimate of drug-likeness (QED) is 0.687. The summed E-state index contributed by atoms with van der Waals surface area (Å²) in [5.74, 6) is -3.37. The number of carboxylic acids is 2. The van der Waals surface area contributed by atoms with Crippen LogP contribution in [0.2, 0.25) is 0 Å². The molecule has 1 aromatic carbocycles. The normalized spacial score (nSPS) is 14.0. The van der Waals surface area contributed by atoms with Gasteiger partial charge in [0.2, 0.25) is 0 Å². The van der Waals surface area contributed by atoms with E-state index in [-0.39, 0.29) is 11.8 Å². The molecule has 1 rings (SSSR count). The second-order valence-electron chi connectivity index (χ2n) is 7.14. The summed E-state index contributed by atoms with van der Waals surface area (Å²) in [6.07, 6.45) is 2.75. The lowest BCUT2D eigenvalue weighted by Gasteiger charge is -2.27. The fourth-order valence-electron chi connectivity index (χ4n) is 3.39. The van der Waals surface area contributed by atoms with Gasteiger partial charge in [0.25, 0.3) is 0 Å². The maximum absolute atomic E-state index is 11.9. The lowest BCUT2D eigenvalue weighted by molar-refractivity contribution is -0.141. The molecule has 2 N–H and O–H groups in total. The zero-order chi connectivity index (χ0) is 18.4. The Morgan fingerprint density at radius 1 is 0.958 bits per heavy atom. The van der Waals surface area contributed by atoms with Crippen LogP contribution in [0, 0.1) is 11.8 Å². The molecule has 0 heterocycles. The maximum atomic E-state index is 11.9. The molecule has 2 unspecified atom stereocenters. The molecule has 2 atom stereocenters. The van der Waals surface area contributed by atoms with Crippen LogP contribution < -0.4 is 0 Å². The lowest BCUT2D eigenvalue weighted by atomic mass is 9.76. The third-order valence-electron chi connectivity index (χ3n) is 4.54. The number of unbranched alkanes of at least 4 members (excludes halogenated alkanes) is 1. The summed E-state index contributed by atoms with van der Waals surface area (Å²) >= 11 is 0. The monoisotopic (exact) mass is 334 g/mol. The minimum absolute atomic E-state index is 0.106. The first kappa shape index (κ1) is 20.2. The Morgan fingerprint density at radius 3 is 1.92 bits per heavy atom. The van der Waals surface area contributed by atoms with Crippen molar-refractivity contribution in [3.63, 3.8) is 0 Å². The highest BCUT2D eigenvalue weighted by Crippen LogP contribution is 2.37. The zero-order valence-electron chi connectivity index (χ0n) is 15.4. The van der Waals surface area contributed by atoms with Crippen molar-refractivity contribution in [1.29, 1.82) is 0 Å². The van der Waals surface area contributed by atoms with Gasteiger partial charge in [-0.2, -0.15) is 0 Å². The van der Waals surface area contributed by atoms with Gasteiger partial charge in [0.1, 0.15) is 0 Å². The first-order chi connectivity index (χ1) is 11.2. The Kier molecular flexibility index (Phi) is 7.46. The highest BCUT2D eigenvalue weighted by molar-refractivity contribution is 5.81. The van der Waals surface area contributed by atoms with Crippen molar-refractivity contribution in [2.75, 3.05) is 0 Å². The Balaban J connectivity index is 3.63. The van der Waals surface area contributed by atoms with E-state index in [1.807, 2.05) is 39.8 Å². The van der Waals surface area contributed by atoms with E-state index in [1.54, 1.807) is 6.07 Å². The minimum atomic E-state index is -0.896. The van der Waals surface area contributed by atoms with Gasteiger partial charge >= 0.3 is 11.9 Å². The van der Waals surface area contributed by atoms with E-state index < -0.39 is 23.8 Å². The Labute approximate surface area is 144 Å². The molecule has 134 valence electrons. The van der Waals surface area contributed by atoms with E-state index >= 15 is 0 Å². The van der Waals surface area contributed by atoms with Gasteiger partial charge in [0.05, 0.1) is 11.8 Å². The number of benzene rings is 1. The van der Waals surface area contributed by atoms with E-state index in [4.69, 9.17) is 0 Å². The third kappa shape index (κ3) is 4.59. The van der Waals surface area contributed by atoms with Gasteiger partial charge in [-0.3, -0.25) is 9.59 Å². The Bertz CT molecular complexity index is 575. The molecule has 0 aliphatic carbocycles. The van der Waals surface area contributed by atoms with Gasteiger partial charge in [-0.05, 0) is 41.4 Å². The van der Waals surface area contributed by atoms with Gasteiger partial charge in [-0.25, -0.2) is 0 Å². The smallest absolute Gasteiger partial charge is 0.311 e. The first-order valence-electron chi connectivity index (χ1n) is 8.79. The van der Waals surface area contributed by atoms with Crippen molar-refractivity contribution in [3.05, 3.63) is 34.9 Å². The van der Waals surface area contributed by atoms with Crippen LogP contribution in [-0.2, 0) is 16.0 Å². The van der Waals surface area contributed by atoms with Crippen molar-refractivity contribution in [2.24, 2.45) is 11.8 Å². The number of carbonyl (C=O) groups is 2. The molecular formula is C20H30O4. The van der Waals surface area contributed by atoms with Crippen LogP contribution in [0.1, 0.15) is 76.0 Å². The molecule has 0 aromatic heterocycles. The predicted octanol–water partition coefficient (Wildman–Crippen LogP) is 4.68. The topological polar surface area (TPSA) is 74.6 Å². The zero-order valence-corrected chi connectivity index (χ0v) is 15.4. The van der Waals surface area contributed by atoms with E-state index in [2.05, 4.69) is 6.92 Å². The molecule has 1 aromatic rings. The summed E-state index contributed by atoms with van der Waals surface area (Å²) < 4.78 is 0. The van der Waals surface area contributed by atoms with E-state index in [0.717, 1.165) is 30.4 Å². The molecule has 0 saturated heterocycles. The fourth-order valence-corrected chi connectivity index (χ4v) is 3.39. The van der Waals surface area contributed by atoms with Crippen LogP contribution >= 0.6 is 0 Å².